The summed E-state index contributed by atoms with van der Waals surface area (Å²) in [6, 6.07) is 8.76. The Hall–Kier alpha value is -3.34. The summed E-state index contributed by atoms with van der Waals surface area (Å²) in [5, 5.41) is 15.7. The molecule has 0 aliphatic heterocycles. The lowest BCUT2D eigenvalue weighted by Gasteiger charge is -2.18. The van der Waals surface area contributed by atoms with Crippen LogP contribution in [0.2, 0.25) is 0 Å². The number of nitrogens with two attached hydrogens (primary N) is 1. The van der Waals surface area contributed by atoms with E-state index in [0.717, 1.165) is 11.4 Å². The van der Waals surface area contributed by atoms with E-state index < -0.39 is 0 Å². The number of rotatable bonds is 8. The van der Waals surface area contributed by atoms with Crippen molar-refractivity contribution in [2.24, 2.45) is 0 Å². The van der Waals surface area contributed by atoms with Crippen LogP contribution in [0, 0.1) is 13.8 Å². The van der Waals surface area contributed by atoms with E-state index >= 15 is 0 Å². The molecular weight excluding hydrogens is 416 g/mol. The molecule has 2 heterocycles. The van der Waals surface area contributed by atoms with E-state index in [2.05, 4.69) is 20.6 Å². The number of aryl methyl sites for hydroxylation is 2. The van der Waals surface area contributed by atoms with Crippen LogP contribution in [0.5, 0.6) is 0 Å². The molecule has 2 amide bonds. The first kappa shape index (κ1) is 22.3. The molecule has 0 saturated heterocycles. The summed E-state index contributed by atoms with van der Waals surface area (Å²) < 4.78 is 2.92. The number of amides is 2. The molecule has 164 valence electrons. The Morgan fingerprint density at radius 3 is 2.39 bits per heavy atom. The number of nitrogens with zero attached hydrogens (tertiary/aromatic N) is 6. The van der Waals surface area contributed by atoms with Crippen molar-refractivity contribution in [2.45, 2.75) is 32.9 Å². The third-order valence-electron chi connectivity index (χ3n) is 4.64. The Morgan fingerprint density at radius 2 is 1.81 bits per heavy atom. The van der Waals surface area contributed by atoms with E-state index in [1.165, 1.54) is 16.4 Å². The average Bonchev–Trinajstić information content (AvgIpc) is 3.28. The van der Waals surface area contributed by atoms with Crippen molar-refractivity contribution in [1.29, 1.82) is 0 Å². The lowest BCUT2D eigenvalue weighted by atomic mass is 10.2. The molecule has 10 nitrogen and oxygen atoms in total. The van der Waals surface area contributed by atoms with Crippen molar-refractivity contribution in [1.82, 2.24) is 29.6 Å². The van der Waals surface area contributed by atoms with Gasteiger partial charge in [-0.1, -0.05) is 11.8 Å². The van der Waals surface area contributed by atoms with Crippen LogP contribution in [0.1, 0.15) is 35.6 Å². The van der Waals surface area contributed by atoms with Crippen LogP contribution >= 0.6 is 11.8 Å². The molecule has 0 aliphatic carbocycles. The van der Waals surface area contributed by atoms with Crippen LogP contribution in [0.3, 0.4) is 0 Å². The summed E-state index contributed by atoms with van der Waals surface area (Å²) in [5.74, 6) is 6.32. The Balaban J connectivity index is 1.58. The summed E-state index contributed by atoms with van der Waals surface area (Å²) in [4.78, 5) is 26.4. The molecule has 0 bridgehead atoms. The predicted molar refractivity (Wildman–Crippen MR) is 120 cm³/mol. The highest BCUT2D eigenvalue weighted by molar-refractivity contribution is 7.99. The number of nitrogens with one attached hydrogen (secondary N) is 1. The summed E-state index contributed by atoms with van der Waals surface area (Å²) >= 11 is 1.17. The van der Waals surface area contributed by atoms with Gasteiger partial charge in [0.2, 0.25) is 11.1 Å². The maximum absolute atomic E-state index is 12.4. The zero-order chi connectivity index (χ0) is 22.5. The molecule has 11 heteroatoms. The van der Waals surface area contributed by atoms with Gasteiger partial charge in [0.25, 0.3) is 11.9 Å². The molecule has 0 saturated carbocycles. The van der Waals surface area contributed by atoms with Crippen LogP contribution < -0.4 is 11.2 Å². The lowest BCUT2D eigenvalue weighted by molar-refractivity contribution is -0.113. The molecule has 3 aromatic rings. The van der Waals surface area contributed by atoms with E-state index in [-0.39, 0.29) is 17.6 Å². The molecule has 0 spiro atoms. The number of hydrogen-bond donors (Lipinski definition) is 2. The van der Waals surface area contributed by atoms with Gasteiger partial charge in [0.05, 0.1) is 11.4 Å². The molecular formula is C20H26N8O2S. The molecule has 31 heavy (non-hydrogen) atoms. The fourth-order valence-corrected chi connectivity index (χ4v) is 3.71. The molecule has 3 rings (SSSR count). The fourth-order valence-electron chi connectivity index (χ4n) is 3.06. The summed E-state index contributed by atoms with van der Waals surface area (Å²) in [5.41, 5.74) is 2.93. The number of anilines is 1. The first-order valence-electron chi connectivity index (χ1n) is 9.90. The van der Waals surface area contributed by atoms with Crippen LogP contribution in [0.25, 0.3) is 5.95 Å². The molecule has 0 fully saturated rings. The maximum Gasteiger partial charge on any atom is 0.271 e. The topological polar surface area (TPSA) is 124 Å². The zero-order valence-corrected chi connectivity index (χ0v) is 18.8. The van der Waals surface area contributed by atoms with E-state index in [9.17, 15) is 9.59 Å². The van der Waals surface area contributed by atoms with Crippen LogP contribution in [0.4, 0.5) is 5.69 Å². The molecule has 0 atom stereocenters. The van der Waals surface area contributed by atoms with Gasteiger partial charge in [-0.15, -0.1) is 10.2 Å². The minimum atomic E-state index is -0.219. The fraction of sp³-hybridized carbons (Fsp3) is 0.350. The minimum absolute atomic E-state index is 0.0286. The van der Waals surface area contributed by atoms with E-state index in [4.69, 9.17) is 5.84 Å². The number of aromatic nitrogens is 5. The molecule has 3 N–H and O–H groups in total. The standard InChI is InChI=1S/C20H26N8O2S/c1-5-26(6-2)18(30)15-7-9-16(10-8-15)22-17(29)12-31-20-24-23-19(27(20)21)28-14(4)11-13(3)25-28/h7-11H,5-6,12,21H2,1-4H3,(H,22,29). The van der Waals surface area contributed by atoms with E-state index in [1.807, 2.05) is 33.8 Å². The first-order chi connectivity index (χ1) is 14.8. The van der Waals surface area contributed by atoms with Gasteiger partial charge in [0, 0.05) is 30.0 Å². The van der Waals surface area contributed by atoms with Gasteiger partial charge < -0.3 is 16.1 Å². The van der Waals surface area contributed by atoms with Gasteiger partial charge in [0.15, 0.2) is 0 Å². The third-order valence-corrected chi connectivity index (χ3v) is 5.59. The van der Waals surface area contributed by atoms with Crippen molar-refractivity contribution in [2.75, 3.05) is 30.0 Å². The highest BCUT2D eigenvalue weighted by atomic mass is 32.2. The Morgan fingerprint density at radius 1 is 1.13 bits per heavy atom. The van der Waals surface area contributed by atoms with Gasteiger partial charge >= 0.3 is 0 Å². The molecule has 0 unspecified atom stereocenters. The Labute approximate surface area is 184 Å². The molecule has 2 aromatic heterocycles. The summed E-state index contributed by atoms with van der Waals surface area (Å²) in [7, 11) is 0. The summed E-state index contributed by atoms with van der Waals surface area (Å²) in [6.45, 7) is 8.96. The number of carbonyl (C=O) groups excluding carboxylic acids is 2. The number of carbonyl (C=O) groups is 2. The van der Waals surface area contributed by atoms with Crippen LogP contribution in [0.15, 0.2) is 35.5 Å². The Kier molecular flexibility index (Phi) is 6.95. The van der Waals surface area contributed by atoms with Crippen LogP contribution in [-0.4, -0.2) is 60.2 Å². The smallest absolute Gasteiger partial charge is 0.271 e. The predicted octanol–water partition coefficient (Wildman–Crippen LogP) is 2.01. The van der Waals surface area contributed by atoms with Gasteiger partial charge in [-0.25, -0.2) is 9.36 Å². The van der Waals surface area contributed by atoms with Crippen molar-refractivity contribution in [3.8, 4) is 5.95 Å². The number of thioether (sulfide) groups is 1. The third kappa shape index (κ3) is 5.05. The number of benzene rings is 1. The van der Waals surface area contributed by atoms with E-state index in [0.29, 0.717) is 35.4 Å². The van der Waals surface area contributed by atoms with Gasteiger partial charge in [-0.3, -0.25) is 9.59 Å². The number of hydrogen-bond acceptors (Lipinski definition) is 7. The van der Waals surface area contributed by atoms with Crippen molar-refractivity contribution < 1.29 is 9.59 Å². The SMILES string of the molecule is CCN(CC)C(=O)c1ccc(NC(=O)CSc2nnc(-n3nc(C)cc3C)n2N)cc1. The largest absolute Gasteiger partial charge is 0.339 e. The highest BCUT2D eigenvalue weighted by Gasteiger charge is 2.16. The number of nitrogen functional groups attached to an aromatic ring is 1. The highest BCUT2D eigenvalue weighted by Crippen LogP contribution is 2.18. The first-order valence-corrected chi connectivity index (χ1v) is 10.9. The van der Waals surface area contributed by atoms with Crippen molar-refractivity contribution in [3.63, 3.8) is 0 Å². The maximum atomic E-state index is 12.4. The second kappa shape index (κ2) is 9.65. The van der Waals surface area contributed by atoms with Crippen molar-refractivity contribution >= 4 is 29.3 Å². The van der Waals surface area contributed by atoms with Crippen molar-refractivity contribution in [3.05, 3.63) is 47.3 Å². The van der Waals surface area contributed by atoms with Gasteiger partial charge in [0.1, 0.15) is 0 Å². The quantitative estimate of drug-likeness (QED) is 0.404. The average molecular weight is 443 g/mol. The molecule has 1 aromatic carbocycles. The second-order valence-electron chi connectivity index (χ2n) is 6.88. The normalized spacial score (nSPS) is 10.8. The monoisotopic (exact) mass is 442 g/mol. The second-order valence-corrected chi connectivity index (χ2v) is 7.83. The van der Waals surface area contributed by atoms with E-state index in [1.54, 1.807) is 33.8 Å². The zero-order valence-electron chi connectivity index (χ0n) is 18.0. The van der Waals surface area contributed by atoms with Gasteiger partial charge in [-0.05, 0) is 58.0 Å². The van der Waals surface area contributed by atoms with Gasteiger partial charge in [-0.2, -0.15) is 5.10 Å². The lowest BCUT2D eigenvalue weighted by Crippen LogP contribution is -2.30. The molecule has 0 aliphatic rings. The Bertz CT molecular complexity index is 1070. The van der Waals surface area contributed by atoms with Crippen LogP contribution in [-0.2, 0) is 4.79 Å². The molecule has 0 radical (unpaired) electrons. The minimum Gasteiger partial charge on any atom is -0.339 e. The summed E-state index contributed by atoms with van der Waals surface area (Å²) in [6.07, 6.45) is 0.